The van der Waals surface area contributed by atoms with Gasteiger partial charge in [0.05, 0.1) is 0 Å². The molecule has 0 amide bonds. The van der Waals surface area contributed by atoms with Gasteiger partial charge >= 0.3 is 0 Å². The Morgan fingerprint density at radius 2 is 0.892 bits per heavy atom. The summed E-state index contributed by atoms with van der Waals surface area (Å²) in [6.45, 7) is 34.5. The molecule has 0 unspecified atom stereocenters. The lowest BCUT2D eigenvalue weighted by Gasteiger charge is -2.30. The van der Waals surface area contributed by atoms with Crippen LogP contribution in [0.2, 0.25) is 0 Å². The molecule has 0 bridgehead atoms. The van der Waals surface area contributed by atoms with E-state index >= 15 is 0 Å². The second-order valence-electron chi connectivity index (χ2n) is 16.9. The fraction of sp³-hybridized carbons (Fsp3) is 0.889. The van der Waals surface area contributed by atoms with Crippen molar-refractivity contribution in [2.45, 2.75) is 167 Å². The maximum atomic E-state index is 2.81. The third-order valence-corrected chi connectivity index (χ3v) is 6.85. The van der Waals surface area contributed by atoms with E-state index in [0.29, 0.717) is 21.7 Å². The van der Waals surface area contributed by atoms with Crippen molar-refractivity contribution < 1.29 is 0 Å². The van der Waals surface area contributed by atoms with Crippen LogP contribution in [0, 0.1) is 21.7 Å². The SMILES string of the molecule is CCCCCCCCN(C/C(=C/CCC(C)(C)C)CC(C)(C)C)C/C(=C/CCC(C)(C)C)CC(C)(C)C. The summed E-state index contributed by atoms with van der Waals surface area (Å²) in [5.41, 5.74) is 4.78. The number of nitrogens with zero attached hydrogens (tertiary/aromatic N) is 1. The van der Waals surface area contributed by atoms with Crippen molar-refractivity contribution in [1.82, 2.24) is 4.90 Å². The quantitative estimate of drug-likeness (QED) is 0.137. The zero-order valence-electron chi connectivity index (χ0n) is 28.2. The molecule has 0 saturated heterocycles. The average molecular weight is 518 g/mol. The lowest BCUT2D eigenvalue weighted by Crippen LogP contribution is -2.31. The molecule has 0 fully saturated rings. The Morgan fingerprint density at radius 1 is 0.514 bits per heavy atom. The summed E-state index contributed by atoms with van der Waals surface area (Å²) in [7, 11) is 0. The second kappa shape index (κ2) is 17.2. The molecule has 37 heavy (non-hydrogen) atoms. The first kappa shape index (κ1) is 36.4. The number of unbranched alkanes of at least 4 members (excludes halogenated alkanes) is 5. The van der Waals surface area contributed by atoms with E-state index in [9.17, 15) is 0 Å². The van der Waals surface area contributed by atoms with Crippen LogP contribution in [0.3, 0.4) is 0 Å². The van der Waals surface area contributed by atoms with E-state index in [1.54, 1.807) is 11.1 Å². The van der Waals surface area contributed by atoms with E-state index in [-0.39, 0.29) is 0 Å². The first-order chi connectivity index (χ1) is 16.8. The van der Waals surface area contributed by atoms with Crippen LogP contribution in [0.5, 0.6) is 0 Å². The van der Waals surface area contributed by atoms with E-state index in [1.165, 1.54) is 83.6 Å². The molecule has 0 atom stereocenters. The molecule has 0 spiro atoms. The maximum absolute atomic E-state index is 2.81. The van der Waals surface area contributed by atoms with Gasteiger partial charge in [-0.1, -0.05) is 145 Å². The Kier molecular flexibility index (Phi) is 16.9. The van der Waals surface area contributed by atoms with Gasteiger partial charge in [-0.2, -0.15) is 0 Å². The highest BCUT2D eigenvalue weighted by Crippen LogP contribution is 2.30. The zero-order chi connectivity index (χ0) is 28.8. The van der Waals surface area contributed by atoms with Crippen molar-refractivity contribution in [3.63, 3.8) is 0 Å². The molecule has 1 heteroatoms. The predicted octanol–water partition coefficient (Wildman–Crippen LogP) is 12.0. The minimum Gasteiger partial charge on any atom is -0.295 e. The van der Waals surface area contributed by atoms with Gasteiger partial charge in [-0.05, 0) is 73.2 Å². The summed E-state index contributed by atoms with van der Waals surface area (Å²) in [6.07, 6.45) is 20.8. The lowest BCUT2D eigenvalue weighted by atomic mass is 9.85. The van der Waals surface area contributed by atoms with Crippen molar-refractivity contribution in [2.75, 3.05) is 19.6 Å². The molecule has 0 aromatic heterocycles. The molecule has 0 rings (SSSR count). The van der Waals surface area contributed by atoms with Crippen molar-refractivity contribution in [3.05, 3.63) is 23.3 Å². The molecule has 0 aliphatic rings. The van der Waals surface area contributed by atoms with E-state index in [4.69, 9.17) is 0 Å². The highest BCUT2D eigenvalue weighted by atomic mass is 15.1. The van der Waals surface area contributed by atoms with Crippen LogP contribution in [0.4, 0.5) is 0 Å². The molecular weight excluding hydrogens is 446 g/mol. The molecule has 220 valence electrons. The van der Waals surface area contributed by atoms with Crippen LogP contribution in [-0.2, 0) is 0 Å². The van der Waals surface area contributed by atoms with Crippen LogP contribution in [-0.4, -0.2) is 24.5 Å². The lowest BCUT2D eigenvalue weighted by molar-refractivity contribution is 0.283. The predicted molar refractivity (Wildman–Crippen MR) is 172 cm³/mol. The van der Waals surface area contributed by atoms with Gasteiger partial charge in [0.2, 0.25) is 0 Å². The minimum absolute atomic E-state index is 0.330. The van der Waals surface area contributed by atoms with Gasteiger partial charge in [0.1, 0.15) is 0 Å². The van der Waals surface area contributed by atoms with Crippen LogP contribution >= 0.6 is 0 Å². The highest BCUT2D eigenvalue weighted by Gasteiger charge is 2.20. The first-order valence-electron chi connectivity index (χ1n) is 15.9. The molecule has 0 aromatic rings. The van der Waals surface area contributed by atoms with E-state index < -0.39 is 0 Å². The summed E-state index contributed by atoms with van der Waals surface area (Å²) in [5, 5.41) is 0. The minimum atomic E-state index is 0.330. The van der Waals surface area contributed by atoms with Crippen molar-refractivity contribution in [2.24, 2.45) is 21.7 Å². The zero-order valence-corrected chi connectivity index (χ0v) is 28.2. The third kappa shape index (κ3) is 25.5. The molecule has 1 nitrogen and oxygen atoms in total. The summed E-state index contributed by atoms with van der Waals surface area (Å²) < 4.78 is 0. The molecular formula is C36H71N. The van der Waals surface area contributed by atoms with Gasteiger partial charge in [0.15, 0.2) is 0 Å². The van der Waals surface area contributed by atoms with Gasteiger partial charge in [-0.3, -0.25) is 4.90 Å². The van der Waals surface area contributed by atoms with Gasteiger partial charge in [-0.25, -0.2) is 0 Å². The number of hydrogen-bond donors (Lipinski definition) is 0. The Labute approximate surface area is 236 Å². The Hall–Kier alpha value is -0.560. The summed E-state index contributed by atoms with van der Waals surface area (Å²) in [5.74, 6) is 0. The van der Waals surface area contributed by atoms with Crippen LogP contribution < -0.4 is 0 Å². The molecule has 0 N–H and O–H groups in total. The smallest absolute Gasteiger partial charge is 0.0196 e. The summed E-state index contributed by atoms with van der Waals surface area (Å²) >= 11 is 0. The molecule has 0 aliphatic carbocycles. The Morgan fingerprint density at radius 3 is 1.24 bits per heavy atom. The van der Waals surface area contributed by atoms with Crippen LogP contribution in [0.25, 0.3) is 0 Å². The molecule has 0 aliphatic heterocycles. The van der Waals surface area contributed by atoms with E-state index in [0.717, 1.165) is 13.1 Å². The fourth-order valence-corrected chi connectivity index (χ4v) is 5.07. The summed E-state index contributed by atoms with van der Waals surface area (Å²) in [4.78, 5) is 2.81. The highest BCUT2D eigenvalue weighted by molar-refractivity contribution is 5.12. The largest absolute Gasteiger partial charge is 0.295 e. The molecule has 0 radical (unpaired) electrons. The van der Waals surface area contributed by atoms with Gasteiger partial charge in [-0.15, -0.1) is 0 Å². The van der Waals surface area contributed by atoms with Crippen molar-refractivity contribution in [1.29, 1.82) is 0 Å². The monoisotopic (exact) mass is 518 g/mol. The van der Waals surface area contributed by atoms with Gasteiger partial charge < -0.3 is 0 Å². The topological polar surface area (TPSA) is 3.24 Å². The Bertz CT molecular complexity index is 586. The number of allylic oxidation sites excluding steroid dienone is 2. The van der Waals surface area contributed by atoms with Crippen molar-refractivity contribution >= 4 is 0 Å². The molecule has 0 saturated carbocycles. The normalized spacial score (nSPS) is 14.6. The standard InChI is InChI=1S/C36H71N/c1-14-15-16-17-18-19-26-37(29-31(27-35(8,9)10)22-20-24-33(2,3)4)30-32(28-36(11,12)13)23-21-25-34(5,6)7/h22-23H,14-21,24-30H2,1-13H3/b31-22+,32-23+. The second-order valence-corrected chi connectivity index (χ2v) is 16.9. The van der Waals surface area contributed by atoms with Crippen molar-refractivity contribution in [3.8, 4) is 0 Å². The molecule has 0 heterocycles. The summed E-state index contributed by atoms with van der Waals surface area (Å²) in [6, 6.07) is 0. The first-order valence-corrected chi connectivity index (χ1v) is 15.9. The number of hydrogen-bond acceptors (Lipinski definition) is 1. The van der Waals surface area contributed by atoms with Crippen LogP contribution in [0.15, 0.2) is 23.3 Å². The van der Waals surface area contributed by atoms with Gasteiger partial charge in [0.25, 0.3) is 0 Å². The molecule has 0 aromatic carbocycles. The van der Waals surface area contributed by atoms with E-state index in [2.05, 4.69) is 107 Å². The van der Waals surface area contributed by atoms with Crippen LogP contribution in [0.1, 0.15) is 167 Å². The maximum Gasteiger partial charge on any atom is 0.0196 e. The average Bonchev–Trinajstić information content (AvgIpc) is 2.65. The van der Waals surface area contributed by atoms with E-state index in [1.807, 2.05) is 0 Å². The number of rotatable bonds is 17. The Balaban J connectivity index is 5.74. The fourth-order valence-electron chi connectivity index (χ4n) is 5.07. The van der Waals surface area contributed by atoms with Gasteiger partial charge in [0, 0.05) is 13.1 Å². The third-order valence-electron chi connectivity index (χ3n) is 6.85.